The average molecular weight is 343 g/mol. The Balaban J connectivity index is 2.07. The van der Waals surface area contributed by atoms with E-state index in [4.69, 9.17) is 9.97 Å². The van der Waals surface area contributed by atoms with E-state index in [1.165, 1.54) is 16.7 Å². The molecule has 3 heterocycles. The highest BCUT2D eigenvalue weighted by Crippen LogP contribution is 2.47. The first-order chi connectivity index (χ1) is 12.4. The lowest BCUT2D eigenvalue weighted by Gasteiger charge is -2.27. The lowest BCUT2D eigenvalue weighted by molar-refractivity contribution is 1.10. The third kappa shape index (κ3) is 2.65. The number of azo groups is 1. The van der Waals surface area contributed by atoms with E-state index in [0.717, 1.165) is 39.8 Å². The summed E-state index contributed by atoms with van der Waals surface area (Å²) in [5, 5.41) is 8.93. The molecule has 5 nitrogen and oxygen atoms in total. The van der Waals surface area contributed by atoms with Crippen LogP contribution in [0.4, 0.5) is 28.7 Å². The van der Waals surface area contributed by atoms with Crippen molar-refractivity contribution in [3.8, 4) is 0 Å². The van der Waals surface area contributed by atoms with Crippen molar-refractivity contribution in [2.24, 2.45) is 10.2 Å². The van der Waals surface area contributed by atoms with E-state index in [1.807, 2.05) is 38.4 Å². The van der Waals surface area contributed by atoms with Crippen molar-refractivity contribution in [1.82, 2.24) is 9.97 Å². The maximum absolute atomic E-state index is 4.69. The predicted molar refractivity (Wildman–Crippen MR) is 105 cm³/mol. The molecule has 2 aromatic heterocycles. The van der Waals surface area contributed by atoms with E-state index < -0.39 is 0 Å². The van der Waals surface area contributed by atoms with Gasteiger partial charge in [0, 0.05) is 12.4 Å². The Morgan fingerprint density at radius 2 is 1.08 bits per heavy atom. The van der Waals surface area contributed by atoms with Gasteiger partial charge in [0.15, 0.2) is 11.6 Å². The lowest BCUT2D eigenvalue weighted by atomic mass is 10.0. The van der Waals surface area contributed by atoms with Crippen molar-refractivity contribution in [3.63, 3.8) is 0 Å². The molecule has 0 radical (unpaired) electrons. The van der Waals surface area contributed by atoms with Crippen molar-refractivity contribution < 1.29 is 0 Å². The third-order valence-electron chi connectivity index (χ3n) is 4.52. The number of aromatic nitrogens is 2. The molecule has 26 heavy (non-hydrogen) atoms. The van der Waals surface area contributed by atoms with Gasteiger partial charge in [-0.1, -0.05) is 17.7 Å². The first-order valence-electron chi connectivity index (χ1n) is 8.67. The molecule has 0 N–H and O–H groups in total. The minimum Gasteiger partial charge on any atom is -0.275 e. The van der Waals surface area contributed by atoms with Gasteiger partial charge in [0.25, 0.3) is 0 Å². The molecule has 4 rings (SSSR count). The number of hydrogen-bond acceptors (Lipinski definition) is 5. The smallest absolute Gasteiger partial charge is 0.166 e. The van der Waals surface area contributed by atoms with E-state index in [-0.39, 0.29) is 0 Å². The Hall–Kier alpha value is -3.08. The lowest BCUT2D eigenvalue weighted by Crippen LogP contribution is -2.15. The molecule has 0 bridgehead atoms. The minimum atomic E-state index is 0.750. The van der Waals surface area contributed by atoms with Crippen LogP contribution >= 0.6 is 0 Å². The Morgan fingerprint density at radius 3 is 1.54 bits per heavy atom. The Labute approximate surface area is 153 Å². The normalized spacial score (nSPS) is 12.6. The van der Waals surface area contributed by atoms with Crippen LogP contribution in [-0.2, 0) is 0 Å². The summed E-state index contributed by atoms with van der Waals surface area (Å²) in [6.07, 6.45) is 3.72. The number of fused-ring (bicyclic) bond motifs is 2. The third-order valence-corrected chi connectivity index (χ3v) is 4.52. The minimum absolute atomic E-state index is 0.750. The fourth-order valence-corrected chi connectivity index (χ4v) is 3.53. The van der Waals surface area contributed by atoms with E-state index in [9.17, 15) is 0 Å². The van der Waals surface area contributed by atoms with Crippen LogP contribution < -0.4 is 4.90 Å². The zero-order valence-electron chi connectivity index (χ0n) is 15.7. The van der Waals surface area contributed by atoms with Crippen molar-refractivity contribution in [2.45, 2.75) is 34.6 Å². The van der Waals surface area contributed by atoms with Gasteiger partial charge >= 0.3 is 0 Å². The zero-order chi connectivity index (χ0) is 18.4. The largest absolute Gasteiger partial charge is 0.275 e. The molecule has 0 atom stereocenters. The summed E-state index contributed by atoms with van der Waals surface area (Å²) in [5.41, 5.74) is 8.27. The fourth-order valence-electron chi connectivity index (χ4n) is 3.53. The number of pyridine rings is 2. The van der Waals surface area contributed by atoms with Crippen LogP contribution in [-0.4, -0.2) is 9.97 Å². The molecule has 5 heteroatoms. The monoisotopic (exact) mass is 343 g/mol. The van der Waals surface area contributed by atoms with Gasteiger partial charge in [-0.3, -0.25) is 4.90 Å². The van der Waals surface area contributed by atoms with E-state index in [1.54, 1.807) is 0 Å². The maximum Gasteiger partial charge on any atom is 0.166 e. The molecule has 130 valence electrons. The van der Waals surface area contributed by atoms with Crippen LogP contribution in [0.1, 0.15) is 27.8 Å². The van der Waals surface area contributed by atoms with Crippen LogP contribution in [0.2, 0.25) is 0 Å². The van der Waals surface area contributed by atoms with Gasteiger partial charge in [0.05, 0.1) is 5.69 Å². The van der Waals surface area contributed by atoms with Gasteiger partial charge in [-0.25, -0.2) is 9.97 Å². The number of anilines is 3. The van der Waals surface area contributed by atoms with Crippen molar-refractivity contribution >= 4 is 28.7 Å². The Kier molecular flexibility index (Phi) is 3.80. The molecule has 1 aromatic carbocycles. The van der Waals surface area contributed by atoms with Gasteiger partial charge in [0.1, 0.15) is 11.4 Å². The second-order valence-corrected chi connectivity index (χ2v) is 6.99. The number of hydrogen-bond donors (Lipinski definition) is 0. The molecule has 0 saturated heterocycles. The fraction of sp³-hybridized carbons (Fsp3) is 0.238. The molecule has 3 aromatic rings. The second-order valence-electron chi connectivity index (χ2n) is 6.99. The topological polar surface area (TPSA) is 53.7 Å². The highest BCUT2D eigenvalue weighted by molar-refractivity contribution is 5.87. The van der Waals surface area contributed by atoms with Gasteiger partial charge in [-0.15, -0.1) is 10.2 Å². The van der Waals surface area contributed by atoms with E-state index >= 15 is 0 Å². The summed E-state index contributed by atoms with van der Waals surface area (Å²) in [5.74, 6) is 1.51. The first kappa shape index (κ1) is 16.4. The molecular weight excluding hydrogens is 322 g/mol. The van der Waals surface area contributed by atoms with E-state index in [0.29, 0.717) is 0 Å². The molecule has 1 aliphatic heterocycles. The summed E-state index contributed by atoms with van der Waals surface area (Å²) in [4.78, 5) is 11.5. The first-order valence-corrected chi connectivity index (χ1v) is 8.67. The average Bonchev–Trinajstić information content (AvgIpc) is 2.71. The van der Waals surface area contributed by atoms with Gasteiger partial charge in [0.2, 0.25) is 0 Å². The SMILES string of the molecule is Cc1cc(C)c(N2c3ncc(C)cc3N=Nc3cc(C)cnc32)c(C)c1. The summed E-state index contributed by atoms with van der Waals surface area (Å²) in [6.45, 7) is 10.4. The summed E-state index contributed by atoms with van der Waals surface area (Å²) in [7, 11) is 0. The molecule has 0 aliphatic carbocycles. The molecule has 0 fully saturated rings. The van der Waals surface area contributed by atoms with Crippen LogP contribution in [0, 0.1) is 34.6 Å². The highest BCUT2D eigenvalue weighted by atomic mass is 15.3. The molecule has 0 amide bonds. The maximum atomic E-state index is 4.69. The van der Waals surface area contributed by atoms with Gasteiger partial charge in [-0.05, 0) is 69.0 Å². The molecule has 0 saturated carbocycles. The second kappa shape index (κ2) is 6.02. The molecular formula is C21H21N5. The highest BCUT2D eigenvalue weighted by Gasteiger charge is 2.26. The predicted octanol–water partition coefficient (Wildman–Crippen LogP) is 6.22. The number of nitrogens with zero attached hydrogens (tertiary/aromatic N) is 5. The summed E-state index contributed by atoms with van der Waals surface area (Å²) >= 11 is 0. The van der Waals surface area contributed by atoms with Crippen molar-refractivity contribution in [2.75, 3.05) is 4.90 Å². The zero-order valence-corrected chi connectivity index (χ0v) is 15.7. The van der Waals surface area contributed by atoms with Crippen LogP contribution in [0.5, 0.6) is 0 Å². The molecule has 0 unspecified atom stereocenters. The van der Waals surface area contributed by atoms with Crippen molar-refractivity contribution in [3.05, 3.63) is 64.5 Å². The van der Waals surface area contributed by atoms with Crippen molar-refractivity contribution in [1.29, 1.82) is 0 Å². The van der Waals surface area contributed by atoms with E-state index in [2.05, 4.69) is 48.0 Å². The summed E-state index contributed by atoms with van der Waals surface area (Å²) in [6, 6.07) is 8.39. The molecule has 1 aliphatic rings. The number of aryl methyl sites for hydroxylation is 5. The van der Waals surface area contributed by atoms with Crippen LogP contribution in [0.15, 0.2) is 46.9 Å². The number of benzene rings is 1. The van der Waals surface area contributed by atoms with Gasteiger partial charge < -0.3 is 0 Å². The Bertz CT molecular complexity index is 974. The standard InChI is InChI=1S/C21H21N5/c1-12-6-15(4)19(16(5)7-12)26-20-17(8-13(2)10-22-20)24-25-18-9-14(3)11-23-21(18)26/h6-11H,1-5H3. The van der Waals surface area contributed by atoms with Gasteiger partial charge in [-0.2, -0.15) is 0 Å². The summed E-state index contributed by atoms with van der Waals surface area (Å²) < 4.78 is 0. The van der Waals surface area contributed by atoms with Crippen LogP contribution in [0.25, 0.3) is 0 Å². The van der Waals surface area contributed by atoms with Crippen LogP contribution in [0.3, 0.4) is 0 Å². The Morgan fingerprint density at radius 1 is 0.615 bits per heavy atom. The molecule has 0 spiro atoms. The quantitative estimate of drug-likeness (QED) is 0.412. The number of rotatable bonds is 1.